The second kappa shape index (κ2) is 5.15. The van der Waals surface area contributed by atoms with Crippen LogP contribution in [0.2, 0.25) is 5.15 Å². The Morgan fingerprint density at radius 1 is 1.82 bits per heavy atom. The van der Waals surface area contributed by atoms with E-state index in [0.717, 1.165) is 4.96 Å². The summed E-state index contributed by atoms with van der Waals surface area (Å²) in [5, 5.41) is 5.96. The van der Waals surface area contributed by atoms with E-state index in [1.54, 1.807) is 11.3 Å². The molecule has 0 unspecified atom stereocenters. The predicted molar refractivity (Wildman–Crippen MR) is 65.8 cm³/mol. The highest BCUT2D eigenvalue weighted by atomic mass is 35.5. The van der Waals surface area contributed by atoms with Crippen molar-refractivity contribution in [1.82, 2.24) is 14.8 Å². The number of fused-ring (bicyclic) bond motifs is 1. The molecule has 0 fully saturated rings. The number of aromatic nitrogens is 2. The molecule has 8 heteroatoms. The molecule has 2 aromatic rings. The van der Waals surface area contributed by atoms with Gasteiger partial charge in [0, 0.05) is 11.6 Å². The van der Waals surface area contributed by atoms with Gasteiger partial charge in [0.1, 0.15) is 5.69 Å². The van der Waals surface area contributed by atoms with Gasteiger partial charge in [-0.05, 0) is 6.92 Å². The van der Waals surface area contributed by atoms with Crippen molar-refractivity contribution in [2.75, 3.05) is 6.61 Å². The highest BCUT2D eigenvalue weighted by Crippen LogP contribution is 2.19. The zero-order valence-corrected chi connectivity index (χ0v) is 10.5. The van der Waals surface area contributed by atoms with Gasteiger partial charge in [-0.1, -0.05) is 11.6 Å². The molecule has 2 aromatic heterocycles. The number of hydrogen-bond acceptors (Lipinski definition) is 5. The Morgan fingerprint density at radius 3 is 3.41 bits per heavy atom. The Kier molecular flexibility index (Phi) is 3.60. The zero-order valence-electron chi connectivity index (χ0n) is 8.88. The standard InChI is InChI=1S/C9H9ClN4O2S/c1-2-16-9(15)13-11-5-6-7(10)12-8-14(6)3-4-17-8/h3-5H,2H2,1H3,(H,13,15). The smallest absolute Gasteiger partial charge is 0.427 e. The maximum Gasteiger partial charge on any atom is 0.427 e. The molecule has 6 nitrogen and oxygen atoms in total. The molecule has 2 heterocycles. The van der Waals surface area contributed by atoms with E-state index in [1.807, 2.05) is 11.6 Å². The maximum atomic E-state index is 11.0. The predicted octanol–water partition coefficient (Wildman–Crippen LogP) is 2.13. The summed E-state index contributed by atoms with van der Waals surface area (Å²) in [5.74, 6) is 0. The lowest BCUT2D eigenvalue weighted by Gasteiger charge is -1.98. The molecule has 0 aromatic carbocycles. The van der Waals surface area contributed by atoms with Crippen LogP contribution in [-0.2, 0) is 4.74 Å². The van der Waals surface area contributed by atoms with Crippen LogP contribution in [0.4, 0.5) is 4.79 Å². The van der Waals surface area contributed by atoms with Crippen molar-refractivity contribution in [1.29, 1.82) is 0 Å². The van der Waals surface area contributed by atoms with E-state index in [-0.39, 0.29) is 0 Å². The Hall–Kier alpha value is -1.60. The fourth-order valence-corrected chi connectivity index (χ4v) is 2.19. The normalized spacial score (nSPS) is 11.2. The number of thiazole rings is 1. The van der Waals surface area contributed by atoms with Crippen molar-refractivity contribution in [3.63, 3.8) is 0 Å². The van der Waals surface area contributed by atoms with Gasteiger partial charge in [0.05, 0.1) is 12.8 Å². The second-order valence-electron chi connectivity index (χ2n) is 2.93. The van der Waals surface area contributed by atoms with Gasteiger partial charge in [-0.15, -0.1) is 11.3 Å². The van der Waals surface area contributed by atoms with Crippen LogP contribution in [0.15, 0.2) is 16.7 Å². The van der Waals surface area contributed by atoms with Gasteiger partial charge in [0.15, 0.2) is 10.1 Å². The first-order chi connectivity index (χ1) is 8.22. The molecule has 0 atom stereocenters. The third kappa shape index (κ3) is 2.56. The Morgan fingerprint density at radius 2 is 2.65 bits per heavy atom. The lowest BCUT2D eigenvalue weighted by atomic mass is 10.5. The number of nitrogens with one attached hydrogen (secondary N) is 1. The van der Waals surface area contributed by atoms with Gasteiger partial charge in [-0.3, -0.25) is 4.40 Å². The number of hydrazone groups is 1. The van der Waals surface area contributed by atoms with Crippen molar-refractivity contribution in [2.45, 2.75) is 6.92 Å². The summed E-state index contributed by atoms with van der Waals surface area (Å²) in [6.45, 7) is 2.01. The highest BCUT2D eigenvalue weighted by Gasteiger charge is 2.08. The Balaban J connectivity index is 2.12. The molecular formula is C9H9ClN4O2S. The molecule has 17 heavy (non-hydrogen) atoms. The number of nitrogens with zero attached hydrogens (tertiary/aromatic N) is 3. The third-order valence-corrected chi connectivity index (χ3v) is 2.91. The molecule has 2 rings (SSSR count). The summed E-state index contributed by atoms with van der Waals surface area (Å²) in [7, 11) is 0. The molecule has 0 bridgehead atoms. The minimum Gasteiger partial charge on any atom is -0.449 e. The van der Waals surface area contributed by atoms with E-state index in [9.17, 15) is 4.79 Å². The molecule has 0 aliphatic rings. The van der Waals surface area contributed by atoms with Gasteiger partial charge in [0.2, 0.25) is 0 Å². The van der Waals surface area contributed by atoms with E-state index in [4.69, 9.17) is 11.6 Å². The molecule has 0 saturated carbocycles. The Labute approximate surface area is 106 Å². The third-order valence-electron chi connectivity index (χ3n) is 1.87. The quantitative estimate of drug-likeness (QED) is 0.687. The SMILES string of the molecule is CCOC(=O)NN=Cc1c(Cl)nc2sccn12. The number of carbonyl (C=O) groups excluding carboxylic acids is 1. The summed E-state index contributed by atoms with van der Waals surface area (Å²) in [6, 6.07) is 0. The number of imidazole rings is 1. The molecule has 90 valence electrons. The van der Waals surface area contributed by atoms with E-state index in [1.165, 1.54) is 17.6 Å². The number of amides is 1. The molecule has 1 amide bonds. The average Bonchev–Trinajstić information content (AvgIpc) is 2.82. The monoisotopic (exact) mass is 272 g/mol. The average molecular weight is 273 g/mol. The van der Waals surface area contributed by atoms with Gasteiger partial charge in [-0.25, -0.2) is 15.2 Å². The van der Waals surface area contributed by atoms with Crippen LogP contribution < -0.4 is 5.43 Å². The van der Waals surface area contributed by atoms with E-state index >= 15 is 0 Å². The largest absolute Gasteiger partial charge is 0.449 e. The van der Waals surface area contributed by atoms with Gasteiger partial charge >= 0.3 is 6.09 Å². The van der Waals surface area contributed by atoms with Crippen LogP contribution in [0.5, 0.6) is 0 Å². The fraction of sp³-hybridized carbons (Fsp3) is 0.222. The fourth-order valence-electron chi connectivity index (χ4n) is 1.20. The molecule has 1 N–H and O–H groups in total. The number of rotatable bonds is 3. The van der Waals surface area contributed by atoms with Gasteiger partial charge < -0.3 is 4.74 Å². The van der Waals surface area contributed by atoms with Gasteiger partial charge in [-0.2, -0.15) is 5.10 Å². The molecule has 0 radical (unpaired) electrons. The first-order valence-electron chi connectivity index (χ1n) is 4.79. The number of ether oxygens (including phenoxy) is 1. The first kappa shape index (κ1) is 11.9. The van der Waals surface area contributed by atoms with Crippen LogP contribution in [0, 0.1) is 0 Å². The summed E-state index contributed by atoms with van der Waals surface area (Å²) in [6.07, 6.45) is 2.64. The second-order valence-corrected chi connectivity index (χ2v) is 4.16. The van der Waals surface area contributed by atoms with Crippen molar-refractivity contribution in [2.24, 2.45) is 5.10 Å². The summed E-state index contributed by atoms with van der Waals surface area (Å²) in [5.41, 5.74) is 2.83. The van der Waals surface area contributed by atoms with E-state index in [2.05, 4.69) is 20.2 Å². The van der Waals surface area contributed by atoms with Crippen LogP contribution in [-0.4, -0.2) is 28.3 Å². The van der Waals surface area contributed by atoms with Crippen molar-refractivity contribution in [3.8, 4) is 0 Å². The van der Waals surface area contributed by atoms with Gasteiger partial charge in [0.25, 0.3) is 0 Å². The summed E-state index contributed by atoms with van der Waals surface area (Å²) >= 11 is 7.39. The number of hydrogen-bond donors (Lipinski definition) is 1. The molecular weight excluding hydrogens is 264 g/mol. The minimum atomic E-state index is -0.606. The maximum absolute atomic E-state index is 11.0. The number of carbonyl (C=O) groups is 1. The number of halogens is 1. The summed E-state index contributed by atoms with van der Waals surface area (Å²) < 4.78 is 6.43. The lowest BCUT2D eigenvalue weighted by Crippen LogP contribution is -2.18. The van der Waals surface area contributed by atoms with E-state index in [0.29, 0.717) is 17.5 Å². The minimum absolute atomic E-state index is 0.295. The first-order valence-corrected chi connectivity index (χ1v) is 6.05. The van der Waals surface area contributed by atoms with Crippen molar-refractivity contribution >= 4 is 40.2 Å². The van der Waals surface area contributed by atoms with Crippen LogP contribution in [0.1, 0.15) is 12.6 Å². The van der Waals surface area contributed by atoms with Crippen LogP contribution >= 0.6 is 22.9 Å². The molecule has 0 spiro atoms. The topological polar surface area (TPSA) is 68.0 Å². The van der Waals surface area contributed by atoms with Crippen molar-refractivity contribution < 1.29 is 9.53 Å². The molecule has 0 aliphatic carbocycles. The molecule has 0 aliphatic heterocycles. The van der Waals surface area contributed by atoms with Crippen LogP contribution in [0.3, 0.4) is 0 Å². The Bertz CT molecular complexity index is 562. The van der Waals surface area contributed by atoms with Crippen LogP contribution in [0.25, 0.3) is 4.96 Å². The lowest BCUT2D eigenvalue weighted by molar-refractivity contribution is 0.152. The summed E-state index contributed by atoms with van der Waals surface area (Å²) in [4.78, 5) is 15.9. The zero-order chi connectivity index (χ0) is 12.3. The highest BCUT2D eigenvalue weighted by molar-refractivity contribution is 7.15. The van der Waals surface area contributed by atoms with E-state index < -0.39 is 6.09 Å². The van der Waals surface area contributed by atoms with Crippen molar-refractivity contribution in [3.05, 3.63) is 22.4 Å². The molecule has 0 saturated heterocycles.